The van der Waals surface area contributed by atoms with Gasteiger partial charge in [0.1, 0.15) is 0 Å². The highest BCUT2D eigenvalue weighted by Gasteiger charge is 2.19. The normalized spacial score (nSPS) is 15.2. The van der Waals surface area contributed by atoms with Crippen LogP contribution in [-0.2, 0) is 4.79 Å². The first-order chi connectivity index (χ1) is 13.0. The number of carbonyl (C=O) groups is 2. The Morgan fingerprint density at radius 2 is 2.00 bits per heavy atom. The molecule has 2 heterocycles. The zero-order valence-corrected chi connectivity index (χ0v) is 16.5. The molecule has 1 aromatic heterocycles. The maximum Gasteiger partial charge on any atom is 0.312 e. The van der Waals surface area contributed by atoms with Crippen molar-refractivity contribution in [3.05, 3.63) is 45.6 Å². The van der Waals surface area contributed by atoms with Crippen molar-refractivity contribution >= 4 is 46.3 Å². The van der Waals surface area contributed by atoms with Gasteiger partial charge in [-0.2, -0.15) is 0 Å². The van der Waals surface area contributed by atoms with Crippen LogP contribution in [0.5, 0.6) is 0 Å². The van der Waals surface area contributed by atoms with E-state index in [-0.39, 0.29) is 12.3 Å². The highest BCUT2D eigenvalue weighted by atomic mass is 35.5. The number of carbonyl (C=O) groups excluding carboxylic acids is 2. The average molecular weight is 407 g/mol. The van der Waals surface area contributed by atoms with Gasteiger partial charge in [-0.05, 0) is 48.9 Å². The van der Waals surface area contributed by atoms with Crippen molar-refractivity contribution in [2.24, 2.45) is 5.73 Å². The zero-order valence-electron chi connectivity index (χ0n) is 14.9. The highest BCUT2D eigenvalue weighted by molar-refractivity contribution is 7.10. The Morgan fingerprint density at radius 1 is 1.22 bits per heavy atom. The van der Waals surface area contributed by atoms with Gasteiger partial charge in [0.05, 0.1) is 23.2 Å². The largest absolute Gasteiger partial charge is 0.370 e. The minimum atomic E-state index is -0.657. The molecule has 1 saturated heterocycles. The predicted molar refractivity (Wildman–Crippen MR) is 111 cm³/mol. The van der Waals surface area contributed by atoms with Crippen LogP contribution in [0.2, 0.25) is 5.02 Å². The van der Waals surface area contributed by atoms with Gasteiger partial charge in [-0.3, -0.25) is 4.79 Å². The fourth-order valence-corrected chi connectivity index (χ4v) is 4.34. The van der Waals surface area contributed by atoms with Crippen molar-refractivity contribution in [2.45, 2.75) is 31.7 Å². The van der Waals surface area contributed by atoms with Crippen LogP contribution in [0.15, 0.2) is 35.7 Å². The number of piperidine rings is 1. The number of urea groups is 1. The van der Waals surface area contributed by atoms with E-state index in [0.717, 1.165) is 23.7 Å². The third-order valence-electron chi connectivity index (χ3n) is 4.52. The number of anilines is 2. The van der Waals surface area contributed by atoms with E-state index in [1.807, 2.05) is 29.6 Å². The van der Waals surface area contributed by atoms with Crippen LogP contribution in [-0.4, -0.2) is 25.0 Å². The topological polar surface area (TPSA) is 87.5 Å². The molecule has 1 unspecified atom stereocenters. The number of primary amides is 1. The summed E-state index contributed by atoms with van der Waals surface area (Å²) in [5.41, 5.74) is 6.87. The molecule has 2 aromatic rings. The standard InChI is InChI=1S/C19H23ClN4O2S/c20-14-11-13(6-7-16(14)24-8-2-1-3-9-24)22-18(25)12-15(23-19(21)26)17-5-4-10-27-17/h4-7,10-11,15H,1-3,8-9,12H2,(H,22,25)(H3,21,23,26). The van der Waals surface area contributed by atoms with Crippen molar-refractivity contribution in [3.63, 3.8) is 0 Å². The minimum Gasteiger partial charge on any atom is -0.370 e. The quantitative estimate of drug-likeness (QED) is 0.673. The lowest BCUT2D eigenvalue weighted by Crippen LogP contribution is -2.34. The molecule has 0 bridgehead atoms. The van der Waals surface area contributed by atoms with Gasteiger partial charge in [-0.1, -0.05) is 17.7 Å². The molecule has 6 nitrogen and oxygen atoms in total. The molecule has 27 heavy (non-hydrogen) atoms. The SMILES string of the molecule is NC(=O)NC(CC(=O)Nc1ccc(N2CCCCC2)c(Cl)c1)c1cccs1. The van der Waals surface area contributed by atoms with Gasteiger partial charge in [0.15, 0.2) is 0 Å². The monoisotopic (exact) mass is 406 g/mol. The molecule has 1 atom stereocenters. The van der Waals surface area contributed by atoms with Crippen molar-refractivity contribution in [3.8, 4) is 0 Å². The molecular weight excluding hydrogens is 384 g/mol. The lowest BCUT2D eigenvalue weighted by atomic mass is 10.1. The Kier molecular flexibility index (Phi) is 6.58. The summed E-state index contributed by atoms with van der Waals surface area (Å²) in [7, 11) is 0. The van der Waals surface area contributed by atoms with Crippen molar-refractivity contribution < 1.29 is 9.59 Å². The van der Waals surface area contributed by atoms with Crippen LogP contribution in [0.25, 0.3) is 0 Å². The Morgan fingerprint density at radius 3 is 2.63 bits per heavy atom. The van der Waals surface area contributed by atoms with E-state index < -0.39 is 12.1 Å². The lowest BCUT2D eigenvalue weighted by molar-refractivity contribution is -0.116. The lowest BCUT2D eigenvalue weighted by Gasteiger charge is -2.29. The average Bonchev–Trinajstić information content (AvgIpc) is 3.16. The van der Waals surface area contributed by atoms with Crippen LogP contribution >= 0.6 is 22.9 Å². The second kappa shape index (κ2) is 9.10. The molecule has 4 N–H and O–H groups in total. The molecule has 1 aliphatic heterocycles. The summed E-state index contributed by atoms with van der Waals surface area (Å²) in [6, 6.07) is 8.19. The Bertz CT molecular complexity index is 791. The van der Waals surface area contributed by atoms with E-state index in [1.165, 1.54) is 30.6 Å². The molecule has 1 fully saturated rings. The molecule has 0 aliphatic carbocycles. The first-order valence-corrected chi connectivity index (χ1v) is 10.2. The molecule has 0 radical (unpaired) electrons. The number of benzene rings is 1. The summed E-state index contributed by atoms with van der Waals surface area (Å²) in [6.07, 6.45) is 3.69. The first kappa shape index (κ1) is 19.5. The van der Waals surface area contributed by atoms with Gasteiger partial charge in [0, 0.05) is 23.7 Å². The second-order valence-electron chi connectivity index (χ2n) is 6.54. The Balaban J connectivity index is 1.64. The summed E-state index contributed by atoms with van der Waals surface area (Å²) < 4.78 is 0. The summed E-state index contributed by atoms with van der Waals surface area (Å²) in [5.74, 6) is -0.219. The molecular formula is C19H23ClN4O2S. The molecule has 8 heteroatoms. The van der Waals surface area contributed by atoms with Crippen molar-refractivity contribution in [1.82, 2.24) is 5.32 Å². The Hall–Kier alpha value is -2.25. The highest BCUT2D eigenvalue weighted by Crippen LogP contribution is 2.31. The van der Waals surface area contributed by atoms with Gasteiger partial charge < -0.3 is 21.3 Å². The molecule has 1 aromatic carbocycles. The molecule has 3 amide bonds. The third kappa shape index (κ3) is 5.37. The number of hydrogen-bond acceptors (Lipinski definition) is 4. The van der Waals surface area contributed by atoms with Crippen LogP contribution in [0, 0.1) is 0 Å². The van der Waals surface area contributed by atoms with E-state index in [0.29, 0.717) is 10.7 Å². The number of hydrogen-bond donors (Lipinski definition) is 3. The van der Waals surface area contributed by atoms with E-state index in [1.54, 1.807) is 6.07 Å². The van der Waals surface area contributed by atoms with E-state index >= 15 is 0 Å². The molecule has 0 saturated carbocycles. The number of nitrogens with one attached hydrogen (secondary N) is 2. The van der Waals surface area contributed by atoms with E-state index in [4.69, 9.17) is 17.3 Å². The van der Waals surface area contributed by atoms with Crippen molar-refractivity contribution in [1.29, 1.82) is 0 Å². The number of rotatable bonds is 6. The maximum absolute atomic E-state index is 12.4. The fraction of sp³-hybridized carbons (Fsp3) is 0.368. The van der Waals surface area contributed by atoms with Gasteiger partial charge in [-0.15, -0.1) is 11.3 Å². The van der Waals surface area contributed by atoms with Gasteiger partial charge in [-0.25, -0.2) is 4.79 Å². The van der Waals surface area contributed by atoms with E-state index in [2.05, 4.69) is 15.5 Å². The number of nitrogens with two attached hydrogens (primary N) is 1. The Labute approximate surface area is 167 Å². The number of thiophene rings is 1. The summed E-state index contributed by atoms with van der Waals surface area (Å²) >= 11 is 7.90. The van der Waals surface area contributed by atoms with Gasteiger partial charge in [0.2, 0.25) is 5.91 Å². The van der Waals surface area contributed by atoms with Crippen LogP contribution in [0.4, 0.5) is 16.2 Å². The second-order valence-corrected chi connectivity index (χ2v) is 7.93. The molecule has 0 spiro atoms. The summed E-state index contributed by atoms with van der Waals surface area (Å²) in [5, 5.41) is 7.98. The minimum absolute atomic E-state index is 0.0922. The number of nitrogens with zero attached hydrogens (tertiary/aromatic N) is 1. The first-order valence-electron chi connectivity index (χ1n) is 8.96. The summed E-state index contributed by atoms with van der Waals surface area (Å²) in [6.45, 7) is 2.01. The number of halogens is 1. The van der Waals surface area contributed by atoms with E-state index in [9.17, 15) is 9.59 Å². The van der Waals surface area contributed by atoms with Gasteiger partial charge >= 0.3 is 6.03 Å². The van der Waals surface area contributed by atoms with Crippen LogP contribution < -0.4 is 21.3 Å². The molecule has 1 aliphatic rings. The zero-order chi connectivity index (χ0) is 19.2. The van der Waals surface area contributed by atoms with Gasteiger partial charge in [0.25, 0.3) is 0 Å². The summed E-state index contributed by atoms with van der Waals surface area (Å²) in [4.78, 5) is 26.8. The fourth-order valence-electron chi connectivity index (χ4n) is 3.26. The predicted octanol–water partition coefficient (Wildman–Crippen LogP) is 4.13. The smallest absolute Gasteiger partial charge is 0.312 e. The maximum atomic E-state index is 12.4. The number of amides is 3. The molecule has 144 valence electrons. The molecule has 3 rings (SSSR count). The van der Waals surface area contributed by atoms with Crippen molar-refractivity contribution in [2.75, 3.05) is 23.3 Å². The van der Waals surface area contributed by atoms with Crippen LogP contribution in [0.1, 0.15) is 36.6 Å². The van der Waals surface area contributed by atoms with Crippen LogP contribution in [0.3, 0.4) is 0 Å². The third-order valence-corrected chi connectivity index (χ3v) is 5.81.